The predicted octanol–water partition coefficient (Wildman–Crippen LogP) is 4.64. The predicted molar refractivity (Wildman–Crippen MR) is 155 cm³/mol. The van der Waals surface area contributed by atoms with Crippen LogP contribution in [0.25, 0.3) is 6.08 Å². The Bertz CT molecular complexity index is 1360. The number of carbonyl (C=O) groups excluding carboxylic acids is 1. The number of amides is 1. The molecule has 2 aliphatic rings. The molecule has 2 saturated heterocycles. The number of rotatable bonds is 7. The molecule has 0 aliphatic carbocycles. The van der Waals surface area contributed by atoms with Crippen molar-refractivity contribution in [3.8, 4) is 6.07 Å². The maximum absolute atomic E-state index is 13.5. The molecule has 2 aliphatic heterocycles. The molecular formula is C27H30ClN5O2S2. The first-order chi connectivity index (χ1) is 17.8. The lowest BCUT2D eigenvalue weighted by Gasteiger charge is -2.37. The first kappa shape index (κ1) is 27.4. The van der Waals surface area contributed by atoms with E-state index in [1.165, 1.54) is 11.8 Å². The van der Waals surface area contributed by atoms with E-state index in [9.17, 15) is 14.9 Å². The molecule has 0 N–H and O–H groups in total. The molecule has 10 heteroatoms. The van der Waals surface area contributed by atoms with Gasteiger partial charge in [0.05, 0.1) is 11.4 Å². The van der Waals surface area contributed by atoms with Gasteiger partial charge in [-0.3, -0.25) is 19.1 Å². The van der Waals surface area contributed by atoms with E-state index >= 15 is 0 Å². The number of likely N-dealkylation sites (N-methyl/N-ethyl adjacent to an activating group) is 1. The van der Waals surface area contributed by atoms with Crippen molar-refractivity contribution in [3.63, 3.8) is 0 Å². The zero-order chi connectivity index (χ0) is 26.7. The van der Waals surface area contributed by atoms with Crippen molar-refractivity contribution in [2.24, 2.45) is 0 Å². The summed E-state index contributed by atoms with van der Waals surface area (Å²) in [5, 5.41) is 10.4. The van der Waals surface area contributed by atoms with Crippen LogP contribution in [0.3, 0.4) is 0 Å². The lowest BCUT2D eigenvalue weighted by Crippen LogP contribution is -2.48. The molecular weight excluding hydrogens is 526 g/mol. The fourth-order valence-electron chi connectivity index (χ4n) is 4.76. The van der Waals surface area contributed by atoms with Crippen molar-refractivity contribution in [1.82, 2.24) is 14.4 Å². The molecule has 2 aromatic rings. The van der Waals surface area contributed by atoms with Gasteiger partial charge in [0.15, 0.2) is 0 Å². The second-order valence-corrected chi connectivity index (χ2v) is 11.2. The van der Waals surface area contributed by atoms with Crippen molar-refractivity contribution < 1.29 is 4.79 Å². The smallest absolute Gasteiger partial charge is 0.270 e. The Balaban J connectivity index is 1.80. The van der Waals surface area contributed by atoms with Crippen LogP contribution < -0.4 is 10.5 Å². The molecule has 3 heterocycles. The second kappa shape index (κ2) is 11.8. The van der Waals surface area contributed by atoms with E-state index in [2.05, 4.69) is 22.8 Å². The Morgan fingerprint density at radius 2 is 1.86 bits per heavy atom. The number of pyridine rings is 1. The minimum Gasteiger partial charge on any atom is -0.355 e. The summed E-state index contributed by atoms with van der Waals surface area (Å²) in [5.74, 6) is 0.568. The van der Waals surface area contributed by atoms with Crippen LogP contribution in [0.5, 0.6) is 0 Å². The summed E-state index contributed by atoms with van der Waals surface area (Å²) in [6, 6.07) is 9.50. The number of nitriles is 1. The molecule has 1 amide bonds. The molecule has 194 valence electrons. The summed E-state index contributed by atoms with van der Waals surface area (Å²) in [6.45, 7) is 11.0. The topological polar surface area (TPSA) is 72.6 Å². The maximum Gasteiger partial charge on any atom is 0.270 e. The van der Waals surface area contributed by atoms with Crippen molar-refractivity contribution in [2.45, 2.75) is 40.3 Å². The fraction of sp³-hybridized carbons (Fsp3) is 0.407. The summed E-state index contributed by atoms with van der Waals surface area (Å²) in [7, 11) is 0. The van der Waals surface area contributed by atoms with Gasteiger partial charge >= 0.3 is 0 Å². The minimum absolute atomic E-state index is 0.113. The van der Waals surface area contributed by atoms with E-state index in [0.717, 1.165) is 56.1 Å². The fourth-order valence-corrected chi connectivity index (χ4v) is 6.19. The summed E-state index contributed by atoms with van der Waals surface area (Å²) in [4.78, 5) is 33.5. The Morgan fingerprint density at radius 1 is 1.16 bits per heavy atom. The van der Waals surface area contributed by atoms with Crippen LogP contribution in [0.1, 0.15) is 42.5 Å². The minimum atomic E-state index is -0.279. The van der Waals surface area contributed by atoms with Crippen LogP contribution >= 0.6 is 35.6 Å². The average molecular weight is 556 g/mol. The lowest BCUT2D eigenvalue weighted by molar-refractivity contribution is -0.122. The Kier molecular flexibility index (Phi) is 8.75. The molecule has 0 bridgehead atoms. The summed E-state index contributed by atoms with van der Waals surface area (Å²) in [5.41, 5.74) is 1.97. The van der Waals surface area contributed by atoms with Crippen LogP contribution in [0.15, 0.2) is 34.0 Å². The SMILES string of the molecule is CCCn1c(N2CCN(CC)CC2)c(/C=C2/SC(=S)N(Cc3ccccc3Cl)C2=O)c(C)c(C#N)c1=O. The van der Waals surface area contributed by atoms with E-state index in [1.54, 1.807) is 22.5 Å². The summed E-state index contributed by atoms with van der Waals surface area (Å²) >= 11 is 13.1. The molecule has 0 atom stereocenters. The number of thioether (sulfide) groups is 1. The number of piperazine rings is 1. The van der Waals surface area contributed by atoms with Gasteiger partial charge in [0.25, 0.3) is 11.5 Å². The van der Waals surface area contributed by atoms with Crippen molar-refractivity contribution in [1.29, 1.82) is 5.26 Å². The first-order valence-electron chi connectivity index (χ1n) is 12.4. The molecule has 7 nitrogen and oxygen atoms in total. The van der Waals surface area contributed by atoms with Crippen LogP contribution in [-0.2, 0) is 17.9 Å². The van der Waals surface area contributed by atoms with Gasteiger partial charge in [0, 0.05) is 43.3 Å². The Labute approximate surface area is 232 Å². The highest BCUT2D eigenvalue weighted by atomic mass is 35.5. The highest BCUT2D eigenvalue weighted by Gasteiger charge is 2.34. The van der Waals surface area contributed by atoms with Crippen molar-refractivity contribution in [2.75, 3.05) is 37.6 Å². The third kappa shape index (κ3) is 5.48. The normalized spacial score (nSPS) is 17.6. The van der Waals surface area contributed by atoms with Crippen molar-refractivity contribution in [3.05, 3.63) is 66.8 Å². The highest BCUT2D eigenvalue weighted by Crippen LogP contribution is 2.37. The quantitative estimate of drug-likeness (QED) is 0.364. The van der Waals surface area contributed by atoms with Crippen molar-refractivity contribution >= 4 is 57.7 Å². The van der Waals surface area contributed by atoms with Gasteiger partial charge in [-0.05, 0) is 43.2 Å². The molecule has 0 radical (unpaired) electrons. The number of aromatic nitrogens is 1. The van der Waals surface area contributed by atoms with E-state index in [0.29, 0.717) is 26.4 Å². The number of hydrogen-bond acceptors (Lipinski definition) is 7. The van der Waals surface area contributed by atoms with Gasteiger partial charge in [0.2, 0.25) is 0 Å². The van der Waals surface area contributed by atoms with E-state index in [1.807, 2.05) is 31.2 Å². The molecule has 4 rings (SSSR count). The van der Waals surface area contributed by atoms with Gasteiger partial charge < -0.3 is 9.80 Å². The van der Waals surface area contributed by atoms with E-state index < -0.39 is 0 Å². The molecule has 37 heavy (non-hydrogen) atoms. The van der Waals surface area contributed by atoms with Gasteiger partial charge in [-0.1, -0.05) is 67.6 Å². The van der Waals surface area contributed by atoms with Gasteiger partial charge in [-0.2, -0.15) is 5.26 Å². The van der Waals surface area contributed by atoms with E-state index in [-0.39, 0.29) is 23.6 Å². The number of benzene rings is 1. The second-order valence-electron chi connectivity index (χ2n) is 9.09. The van der Waals surface area contributed by atoms with Crippen LogP contribution in [-0.4, -0.2) is 57.3 Å². The summed E-state index contributed by atoms with van der Waals surface area (Å²) < 4.78 is 2.16. The third-order valence-electron chi connectivity index (χ3n) is 6.85. The number of anilines is 1. The molecule has 1 aromatic carbocycles. The van der Waals surface area contributed by atoms with Gasteiger partial charge in [-0.15, -0.1) is 0 Å². The summed E-state index contributed by atoms with van der Waals surface area (Å²) in [6.07, 6.45) is 2.56. The maximum atomic E-state index is 13.5. The zero-order valence-electron chi connectivity index (χ0n) is 21.3. The largest absolute Gasteiger partial charge is 0.355 e. The Hall–Kier alpha value is -2.64. The number of hydrogen-bond donors (Lipinski definition) is 0. The molecule has 2 fully saturated rings. The molecule has 1 aromatic heterocycles. The molecule has 0 unspecified atom stereocenters. The van der Waals surface area contributed by atoms with Crippen LogP contribution in [0.4, 0.5) is 5.82 Å². The number of carbonyl (C=O) groups is 1. The van der Waals surface area contributed by atoms with Crippen LogP contribution in [0.2, 0.25) is 5.02 Å². The first-order valence-corrected chi connectivity index (χ1v) is 14.0. The standard InChI is InChI=1S/C27H30ClN5O2S2/c1-4-10-32-24(31-13-11-30(5-2)12-14-31)20(18(3)21(16-29)25(32)34)15-23-26(35)33(27(36)37-23)17-19-8-6-7-9-22(19)28/h6-9,15H,4-5,10-14,17H2,1-3H3/b23-15+. The number of thiocarbonyl (C=S) groups is 1. The third-order valence-corrected chi connectivity index (χ3v) is 8.59. The Morgan fingerprint density at radius 3 is 2.49 bits per heavy atom. The van der Waals surface area contributed by atoms with Crippen LogP contribution in [0, 0.1) is 18.3 Å². The zero-order valence-corrected chi connectivity index (χ0v) is 23.7. The number of halogens is 1. The number of nitrogens with zero attached hydrogens (tertiary/aromatic N) is 5. The molecule has 0 spiro atoms. The van der Waals surface area contributed by atoms with Gasteiger partial charge in [0.1, 0.15) is 21.8 Å². The molecule has 0 saturated carbocycles. The van der Waals surface area contributed by atoms with E-state index in [4.69, 9.17) is 23.8 Å². The average Bonchev–Trinajstić information content (AvgIpc) is 3.16. The lowest BCUT2D eigenvalue weighted by atomic mass is 10.0. The van der Waals surface area contributed by atoms with Gasteiger partial charge in [-0.25, -0.2) is 0 Å². The highest BCUT2D eigenvalue weighted by molar-refractivity contribution is 8.26. The monoisotopic (exact) mass is 555 g/mol.